The summed E-state index contributed by atoms with van der Waals surface area (Å²) < 4.78 is 0. The van der Waals surface area contributed by atoms with Gasteiger partial charge in [0.05, 0.1) is 18.5 Å². The van der Waals surface area contributed by atoms with Crippen molar-refractivity contribution in [1.82, 2.24) is 4.98 Å². The first-order valence-corrected chi connectivity index (χ1v) is 6.55. The van der Waals surface area contributed by atoms with E-state index in [0.29, 0.717) is 11.3 Å². The number of hydrogen-bond donors (Lipinski definition) is 2. The highest BCUT2D eigenvalue weighted by Gasteiger charge is 2.08. The van der Waals surface area contributed by atoms with E-state index in [9.17, 15) is 9.59 Å². The third-order valence-electron chi connectivity index (χ3n) is 3.01. The number of carbonyl (C=O) groups excluding carboxylic acids is 1. The van der Waals surface area contributed by atoms with Crippen LogP contribution < -0.4 is 5.32 Å². The van der Waals surface area contributed by atoms with E-state index in [1.54, 1.807) is 30.5 Å². The van der Waals surface area contributed by atoms with E-state index in [1.165, 1.54) is 0 Å². The van der Waals surface area contributed by atoms with Gasteiger partial charge in [-0.05, 0) is 36.2 Å². The van der Waals surface area contributed by atoms with Crippen molar-refractivity contribution in [3.8, 4) is 0 Å². The van der Waals surface area contributed by atoms with Gasteiger partial charge < -0.3 is 10.4 Å². The van der Waals surface area contributed by atoms with Crippen molar-refractivity contribution < 1.29 is 14.7 Å². The number of aryl methyl sites for hydroxylation is 1. The second-order valence-electron chi connectivity index (χ2n) is 4.76. The number of carboxylic acids is 1. The Morgan fingerprint density at radius 2 is 2.00 bits per heavy atom. The number of anilines is 1. The number of benzene rings is 1. The zero-order valence-corrected chi connectivity index (χ0v) is 11.7. The highest BCUT2D eigenvalue weighted by atomic mass is 16.4. The van der Waals surface area contributed by atoms with E-state index in [-0.39, 0.29) is 18.7 Å². The summed E-state index contributed by atoms with van der Waals surface area (Å²) in [6, 6.07) is 10.6. The van der Waals surface area contributed by atoms with Gasteiger partial charge in [-0.25, -0.2) is 0 Å². The Morgan fingerprint density at radius 1 is 1.19 bits per heavy atom. The fourth-order valence-electron chi connectivity index (χ4n) is 1.99. The summed E-state index contributed by atoms with van der Waals surface area (Å²) in [5.74, 6) is -1.08. The standard InChI is InChI=1S/C16H16N2O3/c1-11-4-3-7-17-14(11)10-15(19)18-13-6-2-5-12(8-13)9-16(20)21/h2-8H,9-10H2,1H3,(H,18,19)(H,20,21). The number of nitrogens with zero attached hydrogens (tertiary/aromatic N) is 1. The fourth-order valence-corrected chi connectivity index (χ4v) is 1.99. The van der Waals surface area contributed by atoms with Gasteiger partial charge in [-0.3, -0.25) is 14.6 Å². The number of carbonyl (C=O) groups is 2. The van der Waals surface area contributed by atoms with Crippen LogP contribution in [0, 0.1) is 6.92 Å². The van der Waals surface area contributed by atoms with Gasteiger partial charge in [0, 0.05) is 11.9 Å². The molecule has 0 spiro atoms. The second kappa shape index (κ2) is 6.65. The smallest absolute Gasteiger partial charge is 0.307 e. The molecule has 1 aromatic carbocycles. The molecule has 0 saturated carbocycles. The molecular formula is C16H16N2O3. The molecule has 21 heavy (non-hydrogen) atoms. The summed E-state index contributed by atoms with van der Waals surface area (Å²) >= 11 is 0. The largest absolute Gasteiger partial charge is 0.481 e. The van der Waals surface area contributed by atoms with Crippen molar-refractivity contribution in [3.63, 3.8) is 0 Å². The fraction of sp³-hybridized carbons (Fsp3) is 0.188. The normalized spacial score (nSPS) is 10.1. The van der Waals surface area contributed by atoms with Crippen LogP contribution in [0.15, 0.2) is 42.6 Å². The Labute approximate surface area is 122 Å². The van der Waals surface area contributed by atoms with E-state index in [4.69, 9.17) is 5.11 Å². The van der Waals surface area contributed by atoms with Crippen LogP contribution in [0.2, 0.25) is 0 Å². The van der Waals surface area contributed by atoms with Crippen molar-refractivity contribution in [1.29, 1.82) is 0 Å². The van der Waals surface area contributed by atoms with Crippen molar-refractivity contribution in [2.75, 3.05) is 5.32 Å². The van der Waals surface area contributed by atoms with E-state index >= 15 is 0 Å². The molecule has 0 fully saturated rings. The van der Waals surface area contributed by atoms with Crippen LogP contribution >= 0.6 is 0 Å². The molecule has 2 rings (SSSR count). The summed E-state index contributed by atoms with van der Waals surface area (Å²) in [5, 5.41) is 11.5. The number of carboxylic acid groups (broad SMARTS) is 1. The Morgan fingerprint density at radius 3 is 2.71 bits per heavy atom. The van der Waals surface area contributed by atoms with Gasteiger partial charge in [0.2, 0.25) is 5.91 Å². The van der Waals surface area contributed by atoms with Gasteiger partial charge in [0.15, 0.2) is 0 Å². The summed E-state index contributed by atoms with van der Waals surface area (Å²) in [6.45, 7) is 1.91. The lowest BCUT2D eigenvalue weighted by atomic mass is 10.1. The molecule has 1 amide bonds. The molecule has 0 aliphatic rings. The molecule has 5 nitrogen and oxygen atoms in total. The highest BCUT2D eigenvalue weighted by Crippen LogP contribution is 2.12. The maximum atomic E-state index is 12.0. The predicted octanol–water partition coefficient (Wildman–Crippen LogP) is 2.20. The van der Waals surface area contributed by atoms with Crippen LogP contribution in [0.1, 0.15) is 16.8 Å². The monoisotopic (exact) mass is 284 g/mol. The number of pyridine rings is 1. The zero-order valence-electron chi connectivity index (χ0n) is 11.7. The van der Waals surface area contributed by atoms with Crippen molar-refractivity contribution >= 4 is 17.6 Å². The van der Waals surface area contributed by atoms with Gasteiger partial charge >= 0.3 is 5.97 Å². The van der Waals surface area contributed by atoms with Gasteiger partial charge in [-0.1, -0.05) is 18.2 Å². The topological polar surface area (TPSA) is 79.3 Å². The average Bonchev–Trinajstić information content (AvgIpc) is 2.41. The summed E-state index contributed by atoms with van der Waals surface area (Å²) in [4.78, 5) is 26.9. The van der Waals surface area contributed by atoms with Crippen molar-refractivity contribution in [2.24, 2.45) is 0 Å². The van der Waals surface area contributed by atoms with Gasteiger partial charge in [0.25, 0.3) is 0 Å². The quantitative estimate of drug-likeness (QED) is 0.882. The third-order valence-corrected chi connectivity index (χ3v) is 3.01. The first-order valence-electron chi connectivity index (χ1n) is 6.55. The number of aromatic nitrogens is 1. The molecule has 0 saturated heterocycles. The lowest BCUT2D eigenvalue weighted by Crippen LogP contribution is -2.16. The predicted molar refractivity (Wildman–Crippen MR) is 79.1 cm³/mol. The van der Waals surface area contributed by atoms with Crippen LogP contribution in [-0.2, 0) is 22.4 Å². The number of nitrogens with one attached hydrogen (secondary N) is 1. The number of aliphatic carboxylic acids is 1. The molecule has 2 aromatic rings. The average molecular weight is 284 g/mol. The Balaban J connectivity index is 2.03. The lowest BCUT2D eigenvalue weighted by molar-refractivity contribution is -0.136. The second-order valence-corrected chi connectivity index (χ2v) is 4.76. The SMILES string of the molecule is Cc1cccnc1CC(=O)Nc1cccc(CC(=O)O)c1. The third kappa shape index (κ3) is 4.42. The molecule has 0 unspecified atom stereocenters. The summed E-state index contributed by atoms with van der Waals surface area (Å²) in [6.07, 6.45) is 1.78. The maximum absolute atomic E-state index is 12.0. The summed E-state index contributed by atoms with van der Waals surface area (Å²) in [5.41, 5.74) is 2.94. The van der Waals surface area contributed by atoms with Gasteiger partial charge in [0.1, 0.15) is 0 Å². The van der Waals surface area contributed by atoms with Crippen LogP contribution in [0.3, 0.4) is 0 Å². The van der Waals surface area contributed by atoms with Gasteiger partial charge in [-0.15, -0.1) is 0 Å². The molecule has 0 aliphatic carbocycles. The number of amides is 1. The zero-order chi connectivity index (χ0) is 15.2. The highest BCUT2D eigenvalue weighted by molar-refractivity contribution is 5.92. The van der Waals surface area contributed by atoms with E-state index in [2.05, 4.69) is 10.3 Å². The molecule has 108 valence electrons. The maximum Gasteiger partial charge on any atom is 0.307 e. The molecule has 0 atom stereocenters. The minimum atomic E-state index is -0.900. The first kappa shape index (κ1) is 14.7. The van der Waals surface area contributed by atoms with Crippen LogP contribution in [-0.4, -0.2) is 22.0 Å². The molecule has 1 aromatic heterocycles. The Hall–Kier alpha value is -2.69. The summed E-state index contributed by atoms with van der Waals surface area (Å²) in [7, 11) is 0. The first-order chi connectivity index (χ1) is 10.0. The lowest BCUT2D eigenvalue weighted by Gasteiger charge is -2.07. The molecule has 1 heterocycles. The molecule has 0 radical (unpaired) electrons. The van der Waals surface area contributed by atoms with Crippen LogP contribution in [0.5, 0.6) is 0 Å². The molecule has 5 heteroatoms. The van der Waals surface area contributed by atoms with Crippen molar-refractivity contribution in [2.45, 2.75) is 19.8 Å². The minimum Gasteiger partial charge on any atom is -0.481 e. The molecule has 0 aliphatic heterocycles. The van der Waals surface area contributed by atoms with E-state index in [1.807, 2.05) is 19.1 Å². The van der Waals surface area contributed by atoms with E-state index < -0.39 is 5.97 Å². The van der Waals surface area contributed by atoms with Crippen molar-refractivity contribution in [3.05, 3.63) is 59.4 Å². The molecular weight excluding hydrogens is 268 g/mol. The Bertz CT molecular complexity index is 668. The number of rotatable bonds is 5. The van der Waals surface area contributed by atoms with Crippen LogP contribution in [0.4, 0.5) is 5.69 Å². The van der Waals surface area contributed by atoms with Gasteiger partial charge in [-0.2, -0.15) is 0 Å². The van der Waals surface area contributed by atoms with E-state index in [0.717, 1.165) is 11.3 Å². The number of hydrogen-bond acceptors (Lipinski definition) is 3. The molecule has 0 bridgehead atoms. The Kier molecular flexibility index (Phi) is 4.66. The minimum absolute atomic E-state index is 0.0664. The molecule has 2 N–H and O–H groups in total. The van der Waals surface area contributed by atoms with Crippen LogP contribution in [0.25, 0.3) is 0 Å².